The maximum atomic E-state index is 4.99. The van der Waals surface area contributed by atoms with Crippen LogP contribution in [-0.4, -0.2) is 14.4 Å². The molecular weight excluding hydrogens is 386 g/mol. The highest BCUT2D eigenvalue weighted by atomic mass is 32.1. The summed E-state index contributed by atoms with van der Waals surface area (Å²) in [4.78, 5) is 11.5. The van der Waals surface area contributed by atoms with Gasteiger partial charge in [0.1, 0.15) is 5.69 Å². The number of nitrogens with zero attached hydrogens (tertiary/aromatic N) is 3. The van der Waals surface area contributed by atoms with Gasteiger partial charge in [0.05, 0.1) is 21.6 Å². The van der Waals surface area contributed by atoms with Crippen LogP contribution in [0.2, 0.25) is 0 Å². The van der Waals surface area contributed by atoms with Crippen molar-refractivity contribution in [3.63, 3.8) is 0 Å². The number of rotatable bonds is 3. The topological polar surface area (TPSA) is 30.2 Å². The summed E-state index contributed by atoms with van der Waals surface area (Å²) in [6, 6.07) is 14.4. The third-order valence-corrected chi connectivity index (χ3v) is 6.31. The minimum atomic E-state index is 0.107. The summed E-state index contributed by atoms with van der Waals surface area (Å²) in [5.41, 5.74) is 4.34. The lowest BCUT2D eigenvalue weighted by Crippen LogP contribution is -2.25. The Bertz CT molecular complexity index is 1210. The summed E-state index contributed by atoms with van der Waals surface area (Å²) in [7, 11) is 0. The number of thiophene rings is 1. The molecule has 0 aliphatic heterocycles. The van der Waals surface area contributed by atoms with Crippen molar-refractivity contribution in [1.29, 1.82) is 0 Å². The molecule has 0 bridgehead atoms. The molecular formula is C26H27N3S. The Balaban J connectivity index is 1.82. The summed E-state index contributed by atoms with van der Waals surface area (Å²) in [5, 5.41) is 0. The number of benzene rings is 1. The molecule has 4 heteroatoms. The molecule has 3 heterocycles. The molecule has 30 heavy (non-hydrogen) atoms. The maximum Gasteiger partial charge on any atom is 0.156 e. The van der Waals surface area contributed by atoms with E-state index in [0.29, 0.717) is 11.8 Å². The second kappa shape index (κ2) is 8.08. The van der Waals surface area contributed by atoms with Gasteiger partial charge in [-0.15, -0.1) is 11.3 Å². The standard InChI is InChI=1S/C26H27N3S/c1-18(2)23(26(3,4)5)25-24(28-22-17-27-15-16-29(22)25)21-14-13-20(30-21)12-11-19-9-7-6-8-10-19/h6-10,13-18,23H,1-5H3. The van der Waals surface area contributed by atoms with Crippen molar-refractivity contribution < 1.29 is 0 Å². The van der Waals surface area contributed by atoms with Crippen molar-refractivity contribution in [2.45, 2.75) is 40.5 Å². The number of hydrogen-bond donors (Lipinski definition) is 0. The van der Waals surface area contributed by atoms with Gasteiger partial charge < -0.3 is 4.40 Å². The van der Waals surface area contributed by atoms with E-state index in [1.807, 2.05) is 48.9 Å². The van der Waals surface area contributed by atoms with Gasteiger partial charge in [-0.25, -0.2) is 4.98 Å². The van der Waals surface area contributed by atoms with Gasteiger partial charge in [0, 0.05) is 23.9 Å². The number of imidazole rings is 1. The van der Waals surface area contributed by atoms with Gasteiger partial charge in [0.15, 0.2) is 5.65 Å². The second-order valence-corrected chi connectivity index (χ2v) is 10.1. The minimum Gasteiger partial charge on any atom is -0.300 e. The number of aromatic nitrogens is 3. The fraction of sp³-hybridized carbons (Fsp3) is 0.308. The Hall–Kier alpha value is -2.90. The molecule has 0 spiro atoms. The van der Waals surface area contributed by atoms with Crippen LogP contribution in [-0.2, 0) is 0 Å². The van der Waals surface area contributed by atoms with E-state index in [0.717, 1.165) is 26.7 Å². The molecule has 1 aromatic carbocycles. The molecule has 0 aliphatic rings. The molecule has 0 aliphatic carbocycles. The first-order valence-corrected chi connectivity index (χ1v) is 11.2. The summed E-state index contributed by atoms with van der Waals surface area (Å²) >= 11 is 1.70. The van der Waals surface area contributed by atoms with E-state index in [1.165, 1.54) is 5.69 Å². The van der Waals surface area contributed by atoms with Gasteiger partial charge in [0.25, 0.3) is 0 Å². The van der Waals surface area contributed by atoms with Crippen LogP contribution < -0.4 is 0 Å². The lowest BCUT2D eigenvalue weighted by atomic mass is 9.72. The van der Waals surface area contributed by atoms with E-state index < -0.39 is 0 Å². The van der Waals surface area contributed by atoms with Gasteiger partial charge in [-0.3, -0.25) is 4.98 Å². The van der Waals surface area contributed by atoms with Gasteiger partial charge in [-0.2, -0.15) is 0 Å². The predicted molar refractivity (Wildman–Crippen MR) is 126 cm³/mol. The Morgan fingerprint density at radius 1 is 1.00 bits per heavy atom. The zero-order valence-corrected chi connectivity index (χ0v) is 19.0. The molecule has 0 radical (unpaired) electrons. The molecule has 152 valence electrons. The molecule has 4 aromatic rings. The van der Waals surface area contributed by atoms with E-state index in [4.69, 9.17) is 4.98 Å². The quantitative estimate of drug-likeness (QED) is 0.352. The Morgan fingerprint density at radius 3 is 2.47 bits per heavy atom. The average Bonchev–Trinajstić information content (AvgIpc) is 3.31. The molecule has 0 N–H and O–H groups in total. The van der Waals surface area contributed by atoms with Crippen molar-refractivity contribution in [2.75, 3.05) is 0 Å². The van der Waals surface area contributed by atoms with Gasteiger partial charge in [-0.1, -0.05) is 64.7 Å². The van der Waals surface area contributed by atoms with Crippen LogP contribution in [0.3, 0.4) is 0 Å². The summed E-state index contributed by atoms with van der Waals surface area (Å²) < 4.78 is 2.22. The lowest BCUT2D eigenvalue weighted by molar-refractivity contribution is 0.252. The summed E-state index contributed by atoms with van der Waals surface area (Å²) in [6.45, 7) is 11.5. The Morgan fingerprint density at radius 2 is 1.77 bits per heavy atom. The first-order chi connectivity index (χ1) is 14.3. The smallest absolute Gasteiger partial charge is 0.156 e. The fourth-order valence-corrected chi connectivity index (χ4v) is 5.18. The maximum absolute atomic E-state index is 4.99. The summed E-state index contributed by atoms with van der Waals surface area (Å²) in [5.74, 6) is 7.40. The molecule has 0 saturated heterocycles. The Labute approximate surface area is 182 Å². The van der Waals surface area contributed by atoms with Gasteiger partial charge >= 0.3 is 0 Å². The van der Waals surface area contributed by atoms with E-state index in [9.17, 15) is 0 Å². The van der Waals surface area contributed by atoms with Crippen molar-refractivity contribution in [2.24, 2.45) is 11.3 Å². The largest absolute Gasteiger partial charge is 0.300 e. The molecule has 0 fully saturated rings. The highest BCUT2D eigenvalue weighted by Gasteiger charge is 2.34. The molecule has 3 aromatic heterocycles. The highest BCUT2D eigenvalue weighted by Crippen LogP contribution is 2.45. The first kappa shape index (κ1) is 20.4. The molecule has 3 nitrogen and oxygen atoms in total. The lowest BCUT2D eigenvalue weighted by Gasteiger charge is -2.34. The fourth-order valence-electron chi connectivity index (χ4n) is 4.32. The van der Waals surface area contributed by atoms with Gasteiger partial charge in [-0.05, 0) is 35.6 Å². The SMILES string of the molecule is CC(C)C(c1c(-c2ccc(C#Cc3ccccc3)s2)nc2cnccn12)C(C)(C)C. The van der Waals surface area contributed by atoms with Gasteiger partial charge in [0.2, 0.25) is 0 Å². The van der Waals surface area contributed by atoms with Crippen LogP contribution in [0, 0.1) is 23.2 Å². The van der Waals surface area contributed by atoms with E-state index in [2.05, 4.69) is 68.0 Å². The zero-order valence-electron chi connectivity index (χ0n) is 18.2. The predicted octanol–water partition coefficient (Wildman–Crippen LogP) is 6.64. The van der Waals surface area contributed by atoms with Crippen molar-refractivity contribution in [3.05, 3.63) is 77.2 Å². The molecule has 4 rings (SSSR count). The monoisotopic (exact) mass is 413 g/mol. The average molecular weight is 414 g/mol. The van der Waals surface area contributed by atoms with E-state index in [-0.39, 0.29) is 5.41 Å². The van der Waals surface area contributed by atoms with Crippen LogP contribution in [0.25, 0.3) is 16.2 Å². The zero-order chi connectivity index (χ0) is 21.3. The number of hydrogen-bond acceptors (Lipinski definition) is 3. The summed E-state index contributed by atoms with van der Waals surface area (Å²) in [6.07, 6.45) is 5.72. The van der Waals surface area contributed by atoms with Crippen molar-refractivity contribution >= 4 is 17.0 Å². The molecule has 0 saturated carbocycles. The van der Waals surface area contributed by atoms with Crippen molar-refractivity contribution in [3.8, 4) is 22.4 Å². The molecule has 1 atom stereocenters. The van der Waals surface area contributed by atoms with Crippen molar-refractivity contribution in [1.82, 2.24) is 14.4 Å². The minimum absolute atomic E-state index is 0.107. The Kier molecular flexibility index (Phi) is 5.49. The van der Waals surface area contributed by atoms with Crippen LogP contribution in [0.1, 0.15) is 56.7 Å². The number of fused-ring (bicyclic) bond motifs is 1. The highest BCUT2D eigenvalue weighted by molar-refractivity contribution is 7.16. The first-order valence-electron chi connectivity index (χ1n) is 10.3. The molecule has 0 amide bonds. The molecule has 1 unspecified atom stereocenters. The normalized spacial score (nSPS) is 12.7. The van der Waals surface area contributed by atoms with Crippen LogP contribution in [0.4, 0.5) is 0 Å². The third kappa shape index (κ3) is 4.04. The van der Waals surface area contributed by atoms with E-state index >= 15 is 0 Å². The van der Waals surface area contributed by atoms with E-state index in [1.54, 1.807) is 11.3 Å². The van der Waals surface area contributed by atoms with Crippen LogP contribution in [0.15, 0.2) is 61.1 Å². The van der Waals surface area contributed by atoms with Crippen LogP contribution in [0.5, 0.6) is 0 Å². The second-order valence-electron chi connectivity index (χ2n) is 9.02. The van der Waals surface area contributed by atoms with Crippen LogP contribution >= 0.6 is 11.3 Å². The third-order valence-electron chi connectivity index (χ3n) is 5.30.